The van der Waals surface area contributed by atoms with Gasteiger partial charge in [0, 0.05) is 5.34 Å². The van der Waals surface area contributed by atoms with Crippen molar-refractivity contribution in [2.75, 3.05) is 0 Å². The molecular formula is C14H15N5O2. The van der Waals surface area contributed by atoms with Gasteiger partial charge in [0.05, 0.1) is 6.21 Å². The van der Waals surface area contributed by atoms with Gasteiger partial charge in [-0.05, 0) is 16.7 Å². The zero-order valence-corrected chi connectivity index (χ0v) is 11.1. The Hall–Kier alpha value is -2.74. The summed E-state index contributed by atoms with van der Waals surface area (Å²) in [6, 6.07) is 17.8. The summed E-state index contributed by atoms with van der Waals surface area (Å²) < 4.78 is 0. The van der Waals surface area contributed by atoms with E-state index in [0.717, 1.165) is 16.7 Å². The number of nitrogens with zero attached hydrogens (tertiary/aromatic N) is 3. The largest absolute Gasteiger partial charge is 0.367 e. The number of benzene rings is 2. The lowest BCUT2D eigenvalue weighted by Gasteiger charge is -2.05. The zero-order valence-electron chi connectivity index (χ0n) is 11.1. The highest BCUT2D eigenvalue weighted by Gasteiger charge is 1.96. The Labute approximate surface area is 121 Å². The molecule has 2 rings (SSSR count). The number of nitrogens with one attached hydrogen (secondary N) is 1. The number of rotatable bonds is 4. The number of hydrogen-bond acceptors (Lipinski definition) is 5. The highest BCUT2D eigenvalue weighted by atomic mass is 16.8. The van der Waals surface area contributed by atoms with Crippen molar-refractivity contribution in [3.63, 3.8) is 0 Å². The maximum atomic E-state index is 8.44. The van der Waals surface area contributed by atoms with Crippen LogP contribution >= 0.6 is 0 Å². The molecular weight excluding hydrogens is 270 g/mol. The zero-order chi connectivity index (χ0) is 15.1. The smallest absolute Gasteiger partial charge is 0.232 e. The lowest BCUT2D eigenvalue weighted by molar-refractivity contribution is -0.329. The van der Waals surface area contributed by atoms with Crippen LogP contribution < -0.4 is 11.2 Å². The third-order valence-corrected chi connectivity index (χ3v) is 2.60. The van der Waals surface area contributed by atoms with Crippen molar-refractivity contribution in [1.29, 1.82) is 0 Å². The van der Waals surface area contributed by atoms with Gasteiger partial charge in [-0.25, -0.2) is 5.43 Å². The fourth-order valence-corrected chi connectivity index (χ4v) is 1.67. The van der Waals surface area contributed by atoms with Gasteiger partial charge >= 0.3 is 0 Å². The third kappa shape index (κ3) is 4.69. The van der Waals surface area contributed by atoms with Crippen LogP contribution in [-0.4, -0.2) is 27.9 Å². The first kappa shape index (κ1) is 14.7. The first-order chi connectivity index (χ1) is 10.1. The monoisotopic (exact) mass is 285 g/mol. The predicted molar refractivity (Wildman–Crippen MR) is 79.6 cm³/mol. The summed E-state index contributed by atoms with van der Waals surface area (Å²) in [5.41, 5.74) is 10.3. The van der Waals surface area contributed by atoms with Crippen LogP contribution in [0.5, 0.6) is 0 Å². The summed E-state index contributed by atoms with van der Waals surface area (Å²) in [7, 11) is 0. The molecule has 7 heteroatoms. The Kier molecular flexibility index (Phi) is 4.99. The van der Waals surface area contributed by atoms with Crippen molar-refractivity contribution in [2.24, 2.45) is 15.9 Å². The first-order valence-electron chi connectivity index (χ1n) is 6.11. The molecule has 0 saturated carbocycles. The molecule has 0 unspecified atom stereocenters. The average molecular weight is 285 g/mol. The fraction of sp³-hybridized carbons (Fsp3) is 0. The van der Waals surface area contributed by atoms with Crippen molar-refractivity contribution in [3.8, 4) is 11.1 Å². The van der Waals surface area contributed by atoms with E-state index < -0.39 is 0 Å². The lowest BCUT2D eigenvalue weighted by atomic mass is 10.0. The number of hydrogen-bond donors (Lipinski definition) is 4. The van der Waals surface area contributed by atoms with Gasteiger partial charge in [0.2, 0.25) is 5.96 Å². The second kappa shape index (κ2) is 7.15. The molecule has 0 spiro atoms. The van der Waals surface area contributed by atoms with E-state index in [-0.39, 0.29) is 11.3 Å². The highest BCUT2D eigenvalue weighted by molar-refractivity contribution is 5.82. The minimum atomic E-state index is -0.303. The number of hydrazine groups is 1. The Bertz CT molecular complexity index is 624. The summed E-state index contributed by atoms with van der Waals surface area (Å²) in [6.07, 6.45) is 1.50. The van der Waals surface area contributed by atoms with E-state index in [1.54, 1.807) is 0 Å². The second-order valence-electron chi connectivity index (χ2n) is 4.12. The van der Waals surface area contributed by atoms with E-state index in [1.807, 2.05) is 60.0 Å². The van der Waals surface area contributed by atoms with Crippen LogP contribution in [-0.2, 0) is 0 Å². The molecule has 0 atom stereocenters. The Morgan fingerprint density at radius 3 is 2.24 bits per heavy atom. The van der Waals surface area contributed by atoms with Crippen molar-refractivity contribution in [1.82, 2.24) is 10.8 Å². The average Bonchev–Trinajstić information content (AvgIpc) is 2.48. The van der Waals surface area contributed by atoms with E-state index in [1.165, 1.54) is 6.21 Å². The molecule has 5 N–H and O–H groups in total. The molecule has 0 heterocycles. The molecule has 108 valence electrons. The SMILES string of the molecule is NC(=NN=Cc1ccc(-c2ccccc2)cc1)NN(O)O. The summed E-state index contributed by atoms with van der Waals surface area (Å²) in [5, 5.41) is 23.8. The number of guanidine groups is 1. The normalized spacial score (nSPS) is 12.0. The molecule has 2 aromatic carbocycles. The van der Waals surface area contributed by atoms with Gasteiger partial charge in [-0.2, -0.15) is 5.10 Å². The van der Waals surface area contributed by atoms with E-state index >= 15 is 0 Å². The summed E-state index contributed by atoms with van der Waals surface area (Å²) >= 11 is 0. The molecule has 7 nitrogen and oxygen atoms in total. The Morgan fingerprint density at radius 1 is 1.00 bits per heavy atom. The van der Waals surface area contributed by atoms with Crippen LogP contribution in [0.2, 0.25) is 0 Å². The van der Waals surface area contributed by atoms with Gasteiger partial charge in [0.25, 0.3) is 0 Å². The van der Waals surface area contributed by atoms with Crippen molar-refractivity contribution in [3.05, 3.63) is 60.2 Å². The third-order valence-electron chi connectivity index (χ3n) is 2.60. The lowest BCUT2D eigenvalue weighted by Crippen LogP contribution is -2.41. The minimum absolute atomic E-state index is 0.253. The van der Waals surface area contributed by atoms with Gasteiger partial charge in [0.15, 0.2) is 0 Å². The maximum absolute atomic E-state index is 8.44. The Balaban J connectivity index is 2.03. The van der Waals surface area contributed by atoms with Crippen LogP contribution in [0.25, 0.3) is 11.1 Å². The van der Waals surface area contributed by atoms with Gasteiger partial charge in [-0.3, -0.25) is 10.4 Å². The molecule has 0 aliphatic rings. The van der Waals surface area contributed by atoms with E-state index in [4.69, 9.17) is 16.1 Å². The summed E-state index contributed by atoms with van der Waals surface area (Å²) in [4.78, 5) is 0. The summed E-state index contributed by atoms with van der Waals surface area (Å²) in [6.45, 7) is 0. The quantitative estimate of drug-likeness (QED) is 0.388. The molecule has 21 heavy (non-hydrogen) atoms. The standard InChI is InChI=1S/C14H15N5O2/c15-14(18-19(20)21)17-16-10-11-6-8-13(9-7-11)12-4-2-1-3-5-12/h1-10,20-21H,(H3,15,17,18). The molecule has 0 aliphatic heterocycles. The molecule has 0 aromatic heterocycles. The van der Waals surface area contributed by atoms with Gasteiger partial charge < -0.3 is 5.73 Å². The van der Waals surface area contributed by atoms with Gasteiger partial charge in [-0.1, -0.05) is 54.6 Å². The van der Waals surface area contributed by atoms with E-state index in [0.29, 0.717) is 0 Å². The molecule has 0 amide bonds. The van der Waals surface area contributed by atoms with Gasteiger partial charge in [-0.15, -0.1) is 5.10 Å². The maximum Gasteiger partial charge on any atom is 0.232 e. The van der Waals surface area contributed by atoms with Crippen molar-refractivity contribution in [2.45, 2.75) is 0 Å². The van der Waals surface area contributed by atoms with Crippen LogP contribution in [0.1, 0.15) is 5.56 Å². The minimum Gasteiger partial charge on any atom is -0.367 e. The summed E-state index contributed by atoms with van der Waals surface area (Å²) in [5.74, 6) is -0.253. The van der Waals surface area contributed by atoms with Gasteiger partial charge in [0.1, 0.15) is 0 Å². The van der Waals surface area contributed by atoms with Crippen LogP contribution in [0.15, 0.2) is 64.8 Å². The van der Waals surface area contributed by atoms with E-state index in [2.05, 4.69) is 10.2 Å². The molecule has 2 aromatic rings. The highest BCUT2D eigenvalue weighted by Crippen LogP contribution is 2.18. The Morgan fingerprint density at radius 2 is 1.62 bits per heavy atom. The topological polar surface area (TPSA) is 106 Å². The molecule has 0 saturated heterocycles. The predicted octanol–water partition coefficient (Wildman–Crippen LogP) is 1.59. The molecule has 0 aliphatic carbocycles. The molecule has 0 fully saturated rings. The fourth-order valence-electron chi connectivity index (χ4n) is 1.67. The van der Waals surface area contributed by atoms with Crippen molar-refractivity contribution < 1.29 is 10.4 Å². The van der Waals surface area contributed by atoms with Crippen LogP contribution in [0.4, 0.5) is 0 Å². The van der Waals surface area contributed by atoms with E-state index in [9.17, 15) is 0 Å². The number of nitrogens with two attached hydrogens (primary N) is 1. The molecule has 0 radical (unpaired) electrons. The van der Waals surface area contributed by atoms with Crippen LogP contribution in [0.3, 0.4) is 0 Å². The molecule has 0 bridgehead atoms. The second-order valence-corrected chi connectivity index (χ2v) is 4.12. The van der Waals surface area contributed by atoms with Crippen molar-refractivity contribution >= 4 is 12.2 Å². The van der Waals surface area contributed by atoms with Crippen LogP contribution in [0, 0.1) is 0 Å². The first-order valence-corrected chi connectivity index (χ1v) is 6.11.